The van der Waals surface area contributed by atoms with E-state index >= 15 is 0 Å². The Morgan fingerprint density at radius 3 is 1.95 bits per heavy atom. The van der Waals surface area contributed by atoms with E-state index in [2.05, 4.69) is 108 Å². The minimum absolute atomic E-state index is 0.0839. The number of hydrogen-bond acceptors (Lipinski definition) is 5. The Hall–Kier alpha value is -5.81. The zero-order valence-electron chi connectivity index (χ0n) is 24.0. The molecule has 6 aromatic carbocycles. The lowest BCUT2D eigenvalue weighted by atomic mass is 9.91. The summed E-state index contributed by atoms with van der Waals surface area (Å²) in [5, 5.41) is 0. The Kier molecular flexibility index (Phi) is 5.41. The van der Waals surface area contributed by atoms with Gasteiger partial charge < -0.3 is 14.4 Å². The summed E-state index contributed by atoms with van der Waals surface area (Å²) in [7, 11) is 2.15. The van der Waals surface area contributed by atoms with Crippen molar-refractivity contribution in [3.8, 4) is 34.1 Å². The summed E-state index contributed by atoms with van der Waals surface area (Å²) >= 11 is 0. The molecule has 3 heterocycles. The van der Waals surface area contributed by atoms with Crippen LogP contribution in [0.1, 0.15) is 17.2 Å². The van der Waals surface area contributed by atoms with E-state index < -0.39 is 0 Å². The van der Waals surface area contributed by atoms with Crippen LogP contribution in [-0.4, -0.2) is 12.8 Å². The van der Waals surface area contributed by atoms with Gasteiger partial charge in [0.2, 0.25) is 0 Å². The van der Waals surface area contributed by atoms with E-state index in [0.717, 1.165) is 62.7 Å². The molecule has 0 radical (unpaired) electrons. The number of aliphatic imine (C=N–C) groups is 1. The van der Waals surface area contributed by atoms with Gasteiger partial charge in [-0.2, -0.15) is 0 Å². The normalized spacial score (nSPS) is 15.6. The molecular formula is C39H27N3O2. The van der Waals surface area contributed by atoms with Crippen LogP contribution in [0.2, 0.25) is 0 Å². The lowest BCUT2D eigenvalue weighted by molar-refractivity contribution is 0.446. The van der Waals surface area contributed by atoms with Gasteiger partial charge in [-0.3, -0.25) is 4.90 Å². The molecule has 0 N–H and O–H groups in total. The fourth-order valence-electron chi connectivity index (χ4n) is 6.63. The van der Waals surface area contributed by atoms with Crippen LogP contribution in [0.3, 0.4) is 0 Å². The molecule has 0 saturated heterocycles. The fraction of sp³-hybridized carbons (Fsp3) is 0.0513. The van der Waals surface area contributed by atoms with Crippen LogP contribution in [0.5, 0.6) is 23.0 Å². The van der Waals surface area contributed by atoms with E-state index in [1.807, 2.05) is 48.5 Å². The van der Waals surface area contributed by atoms with E-state index in [4.69, 9.17) is 14.5 Å². The predicted molar refractivity (Wildman–Crippen MR) is 177 cm³/mol. The van der Waals surface area contributed by atoms with Crippen molar-refractivity contribution in [2.45, 2.75) is 6.04 Å². The minimum atomic E-state index is -0.0839. The third-order valence-corrected chi connectivity index (χ3v) is 8.71. The van der Waals surface area contributed by atoms with Crippen molar-refractivity contribution in [1.82, 2.24) is 0 Å². The molecule has 5 nitrogen and oxygen atoms in total. The number of anilines is 4. The van der Waals surface area contributed by atoms with Gasteiger partial charge in [0.1, 0.15) is 5.69 Å². The number of para-hydroxylation sites is 5. The van der Waals surface area contributed by atoms with Crippen molar-refractivity contribution in [3.05, 3.63) is 151 Å². The molecule has 1 atom stereocenters. The molecule has 0 aliphatic carbocycles. The lowest BCUT2D eigenvalue weighted by Crippen LogP contribution is -2.34. The summed E-state index contributed by atoms with van der Waals surface area (Å²) in [6.45, 7) is 0. The maximum Gasteiger partial charge on any atom is 0.155 e. The minimum Gasteiger partial charge on any atom is -0.453 e. The smallest absolute Gasteiger partial charge is 0.155 e. The molecule has 3 aliphatic rings. The number of likely N-dealkylation sites (N-methyl/N-ethyl adjacent to an activating group) is 1. The molecule has 9 rings (SSSR count). The van der Waals surface area contributed by atoms with Gasteiger partial charge in [-0.05, 0) is 65.2 Å². The van der Waals surface area contributed by atoms with Gasteiger partial charge in [0, 0.05) is 12.6 Å². The molecule has 0 aromatic heterocycles. The van der Waals surface area contributed by atoms with E-state index in [1.165, 1.54) is 16.7 Å². The molecule has 1 unspecified atom stereocenters. The first kappa shape index (κ1) is 24.8. The van der Waals surface area contributed by atoms with Gasteiger partial charge in [-0.1, -0.05) is 91.0 Å². The quantitative estimate of drug-likeness (QED) is 0.212. The second kappa shape index (κ2) is 9.61. The van der Waals surface area contributed by atoms with Gasteiger partial charge in [0.05, 0.1) is 34.5 Å². The molecule has 44 heavy (non-hydrogen) atoms. The number of benzene rings is 6. The van der Waals surface area contributed by atoms with Gasteiger partial charge in [0.25, 0.3) is 0 Å². The van der Waals surface area contributed by atoms with Crippen molar-refractivity contribution >= 4 is 34.1 Å². The molecule has 5 heteroatoms. The van der Waals surface area contributed by atoms with Crippen molar-refractivity contribution in [1.29, 1.82) is 0 Å². The molecule has 0 saturated carbocycles. The fourth-order valence-corrected chi connectivity index (χ4v) is 6.63. The van der Waals surface area contributed by atoms with Crippen LogP contribution >= 0.6 is 0 Å². The lowest BCUT2D eigenvalue weighted by Gasteiger charge is -2.38. The van der Waals surface area contributed by atoms with E-state index in [-0.39, 0.29) is 6.04 Å². The van der Waals surface area contributed by atoms with E-state index in [1.54, 1.807) is 0 Å². The molecule has 6 aromatic rings. The first-order chi connectivity index (χ1) is 21.7. The van der Waals surface area contributed by atoms with Gasteiger partial charge in [0.15, 0.2) is 23.0 Å². The highest BCUT2D eigenvalue weighted by molar-refractivity contribution is 6.11. The summed E-state index contributed by atoms with van der Waals surface area (Å²) < 4.78 is 12.8. The molecular weight excluding hydrogens is 542 g/mol. The molecule has 0 bridgehead atoms. The Bertz CT molecular complexity index is 2100. The van der Waals surface area contributed by atoms with Crippen LogP contribution in [0.25, 0.3) is 11.1 Å². The topological polar surface area (TPSA) is 37.3 Å². The number of ether oxygens (including phenoxy) is 2. The summed E-state index contributed by atoms with van der Waals surface area (Å²) in [5.74, 6) is 3.15. The number of hydrogen-bond donors (Lipinski definition) is 0. The Morgan fingerprint density at radius 1 is 0.523 bits per heavy atom. The zero-order chi connectivity index (χ0) is 29.2. The Labute approximate surface area is 255 Å². The SMILES string of the molecule is CN1c2ccccc2N=C(c2ccc3c(c2)Oc2cccc4c2N3c2ccccc2O4)C1c1ccc(-c2ccccc2)cc1. The number of rotatable bonds is 3. The average molecular weight is 570 g/mol. The maximum atomic E-state index is 6.58. The van der Waals surface area contributed by atoms with Crippen molar-refractivity contribution in [2.75, 3.05) is 16.8 Å². The van der Waals surface area contributed by atoms with E-state index in [0.29, 0.717) is 0 Å². The summed E-state index contributed by atoms with van der Waals surface area (Å²) in [5.41, 5.74) is 10.5. The van der Waals surface area contributed by atoms with Gasteiger partial charge in [-0.25, -0.2) is 4.99 Å². The van der Waals surface area contributed by atoms with E-state index in [9.17, 15) is 0 Å². The molecule has 0 spiro atoms. The van der Waals surface area contributed by atoms with Crippen LogP contribution in [0.15, 0.2) is 145 Å². The molecule has 0 fully saturated rings. The van der Waals surface area contributed by atoms with Crippen molar-refractivity contribution < 1.29 is 9.47 Å². The number of fused-ring (bicyclic) bond motifs is 5. The Balaban J connectivity index is 1.17. The second-order valence-electron chi connectivity index (χ2n) is 11.3. The average Bonchev–Trinajstić information content (AvgIpc) is 3.08. The van der Waals surface area contributed by atoms with Gasteiger partial charge >= 0.3 is 0 Å². The van der Waals surface area contributed by atoms with Crippen LogP contribution < -0.4 is 19.3 Å². The summed E-state index contributed by atoms with van der Waals surface area (Å²) in [6, 6.07) is 48.1. The van der Waals surface area contributed by atoms with Crippen molar-refractivity contribution in [3.63, 3.8) is 0 Å². The second-order valence-corrected chi connectivity index (χ2v) is 11.3. The largest absolute Gasteiger partial charge is 0.453 e. The zero-order valence-corrected chi connectivity index (χ0v) is 24.0. The first-order valence-electron chi connectivity index (χ1n) is 14.8. The molecule has 3 aliphatic heterocycles. The predicted octanol–water partition coefficient (Wildman–Crippen LogP) is 10.3. The first-order valence-corrected chi connectivity index (χ1v) is 14.8. The summed E-state index contributed by atoms with van der Waals surface area (Å²) in [4.78, 5) is 9.86. The third kappa shape index (κ3) is 3.76. The molecule has 0 amide bonds. The number of nitrogens with zero attached hydrogens (tertiary/aromatic N) is 3. The van der Waals surface area contributed by atoms with Crippen LogP contribution in [0.4, 0.5) is 28.4 Å². The molecule has 210 valence electrons. The standard InChI is InChI=1S/C39H27N3O2/c1-41-30-13-6-5-12-29(30)40-37(38(41)27-20-18-26(19-21-27)25-10-3-2-4-11-25)28-22-23-32-36(24-28)44-35-17-9-16-34-39(35)42(32)31-14-7-8-15-33(31)43-34/h2-24,38H,1H3. The third-order valence-electron chi connectivity index (χ3n) is 8.71. The van der Waals surface area contributed by atoms with Crippen molar-refractivity contribution in [2.24, 2.45) is 4.99 Å². The highest BCUT2D eigenvalue weighted by atomic mass is 16.5. The van der Waals surface area contributed by atoms with Crippen LogP contribution in [-0.2, 0) is 0 Å². The Morgan fingerprint density at radius 2 is 1.14 bits per heavy atom. The summed E-state index contributed by atoms with van der Waals surface area (Å²) in [6.07, 6.45) is 0. The monoisotopic (exact) mass is 569 g/mol. The highest BCUT2D eigenvalue weighted by Crippen LogP contribution is 2.59. The van der Waals surface area contributed by atoms with Gasteiger partial charge in [-0.15, -0.1) is 0 Å². The van der Waals surface area contributed by atoms with Crippen LogP contribution in [0, 0.1) is 0 Å². The highest BCUT2D eigenvalue weighted by Gasteiger charge is 2.36. The maximum absolute atomic E-state index is 6.58.